The number of nitrogens with zero attached hydrogens (tertiary/aromatic N) is 4. The van der Waals surface area contributed by atoms with Crippen molar-refractivity contribution in [3.05, 3.63) is 121 Å². The summed E-state index contributed by atoms with van der Waals surface area (Å²) in [6.45, 7) is 0. The Morgan fingerprint density at radius 1 is 0.947 bits per heavy atom. The van der Waals surface area contributed by atoms with Crippen LogP contribution >= 0.6 is 0 Å². The lowest BCUT2D eigenvalue weighted by molar-refractivity contribution is -0.394. The van der Waals surface area contributed by atoms with E-state index >= 15 is 0 Å². The average Bonchev–Trinajstić information content (AvgIpc) is 3.30. The van der Waals surface area contributed by atoms with Gasteiger partial charge in [-0.05, 0) is 72.4 Å². The molecule has 3 aromatic carbocycles. The maximum absolute atomic E-state index is 13.8. The molecule has 9 nitrogen and oxygen atoms in total. The summed E-state index contributed by atoms with van der Waals surface area (Å²) in [5, 5.41) is 28.7. The first-order chi connectivity index (χ1) is 18.2. The lowest BCUT2D eigenvalue weighted by Gasteiger charge is -2.29. The molecule has 11 heteroatoms. The third-order valence-corrected chi connectivity index (χ3v) is 6.75. The van der Waals surface area contributed by atoms with Crippen LogP contribution in [-0.2, 0) is 0 Å². The van der Waals surface area contributed by atoms with Crippen molar-refractivity contribution in [2.24, 2.45) is 11.0 Å². The minimum absolute atomic E-state index is 0.276. The van der Waals surface area contributed by atoms with Crippen LogP contribution in [0.2, 0.25) is 0 Å². The van der Waals surface area contributed by atoms with E-state index in [9.17, 15) is 33.8 Å². The maximum atomic E-state index is 13.8. The van der Waals surface area contributed by atoms with Crippen molar-refractivity contribution < 1.29 is 23.4 Å². The lowest BCUT2D eigenvalue weighted by Crippen LogP contribution is -2.32. The Morgan fingerprint density at radius 3 is 2.24 bits per heavy atom. The summed E-state index contributed by atoms with van der Waals surface area (Å²) in [6.07, 6.45) is 3.96. The normalized spacial score (nSPS) is 19.7. The highest BCUT2D eigenvalue weighted by Crippen LogP contribution is 2.45. The van der Waals surface area contributed by atoms with Crippen LogP contribution in [0.5, 0.6) is 0 Å². The van der Waals surface area contributed by atoms with E-state index in [2.05, 4.69) is 5.10 Å². The second-order valence-electron chi connectivity index (χ2n) is 9.07. The molecular formula is C27H20F2N4O5. The summed E-state index contributed by atoms with van der Waals surface area (Å²) in [7, 11) is 0. The SMILES string of the molecule is O=C(c1ccc([N+](=O)[O-])cc1[N+](=O)[O-])N1N=C2C(=Cc3ccc(F)cc3)CCCC2C1c1ccc(F)cc1. The van der Waals surface area contributed by atoms with Crippen LogP contribution in [-0.4, -0.2) is 26.5 Å². The van der Waals surface area contributed by atoms with Gasteiger partial charge in [-0.3, -0.25) is 25.0 Å². The number of nitro groups is 2. The second-order valence-corrected chi connectivity index (χ2v) is 9.07. The first kappa shape index (κ1) is 24.9. The second kappa shape index (κ2) is 9.92. The minimum Gasteiger partial charge on any atom is -0.267 e. The molecule has 2 unspecified atom stereocenters. The van der Waals surface area contributed by atoms with E-state index in [0.29, 0.717) is 24.1 Å². The maximum Gasteiger partial charge on any atom is 0.289 e. The number of halogens is 2. The topological polar surface area (TPSA) is 119 Å². The van der Waals surface area contributed by atoms with E-state index in [1.54, 1.807) is 24.3 Å². The number of hydrazone groups is 1. The van der Waals surface area contributed by atoms with Gasteiger partial charge in [0.2, 0.25) is 0 Å². The number of amides is 1. The standard InChI is InChI=1S/C27H20F2N4O5/c28-19-8-4-16(5-9-19)14-18-2-1-3-23-25(18)30-31(26(23)17-6-10-20(29)11-7-17)27(34)22-13-12-21(32(35)36)15-24(22)33(37)38/h4-15,23,26H,1-3H2. The number of rotatable bonds is 5. The Bertz CT molecular complexity index is 1500. The molecule has 1 aliphatic carbocycles. The van der Waals surface area contributed by atoms with Crippen LogP contribution < -0.4 is 0 Å². The van der Waals surface area contributed by atoms with E-state index < -0.39 is 39.0 Å². The van der Waals surface area contributed by atoms with Gasteiger partial charge in [-0.1, -0.05) is 24.3 Å². The number of carbonyl (C=O) groups excluding carboxylic acids is 1. The largest absolute Gasteiger partial charge is 0.289 e. The summed E-state index contributed by atoms with van der Waals surface area (Å²) < 4.78 is 27.1. The summed E-state index contributed by atoms with van der Waals surface area (Å²) in [5.41, 5.74) is 1.23. The highest BCUT2D eigenvalue weighted by atomic mass is 19.1. The van der Waals surface area contributed by atoms with Crippen molar-refractivity contribution in [1.82, 2.24) is 5.01 Å². The van der Waals surface area contributed by atoms with Gasteiger partial charge in [0.1, 0.15) is 17.2 Å². The van der Waals surface area contributed by atoms with Crippen molar-refractivity contribution in [2.45, 2.75) is 25.3 Å². The molecule has 0 bridgehead atoms. The molecule has 1 aliphatic heterocycles. The molecule has 2 atom stereocenters. The summed E-state index contributed by atoms with van der Waals surface area (Å²) >= 11 is 0. The van der Waals surface area contributed by atoms with E-state index in [1.807, 2.05) is 6.08 Å². The van der Waals surface area contributed by atoms with Gasteiger partial charge in [0, 0.05) is 12.0 Å². The molecule has 0 N–H and O–H groups in total. The quantitative estimate of drug-likeness (QED) is 0.293. The predicted octanol–water partition coefficient (Wildman–Crippen LogP) is 6.22. The molecule has 1 amide bonds. The molecule has 0 spiro atoms. The van der Waals surface area contributed by atoms with Gasteiger partial charge in [0.05, 0.1) is 27.7 Å². The van der Waals surface area contributed by atoms with Crippen LogP contribution in [0.4, 0.5) is 20.2 Å². The summed E-state index contributed by atoms with van der Waals surface area (Å²) in [6, 6.07) is 13.7. The Morgan fingerprint density at radius 2 is 1.61 bits per heavy atom. The zero-order chi connectivity index (χ0) is 27.0. The molecule has 2 aliphatic rings. The Labute approximate surface area is 215 Å². The van der Waals surface area contributed by atoms with Crippen molar-refractivity contribution in [3.8, 4) is 0 Å². The molecule has 3 aromatic rings. The number of non-ortho nitro benzene ring substituents is 1. The van der Waals surface area contributed by atoms with Gasteiger partial charge >= 0.3 is 0 Å². The van der Waals surface area contributed by atoms with Gasteiger partial charge in [-0.25, -0.2) is 13.8 Å². The number of nitro benzene ring substituents is 2. The molecule has 192 valence electrons. The molecule has 38 heavy (non-hydrogen) atoms. The predicted molar refractivity (Wildman–Crippen MR) is 134 cm³/mol. The van der Waals surface area contributed by atoms with Crippen molar-refractivity contribution in [3.63, 3.8) is 0 Å². The van der Waals surface area contributed by atoms with Crippen LogP contribution in [0.15, 0.2) is 77.4 Å². The van der Waals surface area contributed by atoms with Gasteiger partial charge in [0.15, 0.2) is 0 Å². The molecule has 5 rings (SSSR count). The third-order valence-electron chi connectivity index (χ3n) is 6.75. The molecular weight excluding hydrogens is 498 g/mol. The Hall–Kier alpha value is -4.80. The number of hydrogen-bond acceptors (Lipinski definition) is 6. The summed E-state index contributed by atoms with van der Waals surface area (Å²) in [5.74, 6) is -1.91. The molecule has 1 fully saturated rings. The van der Waals surface area contributed by atoms with Gasteiger partial charge in [-0.15, -0.1) is 0 Å². The van der Waals surface area contributed by atoms with Crippen LogP contribution in [0.3, 0.4) is 0 Å². The van der Waals surface area contributed by atoms with E-state index in [-0.39, 0.29) is 17.3 Å². The summed E-state index contributed by atoms with van der Waals surface area (Å²) in [4.78, 5) is 35.0. The number of carbonyl (C=O) groups is 1. The van der Waals surface area contributed by atoms with Crippen molar-refractivity contribution >= 4 is 29.1 Å². The van der Waals surface area contributed by atoms with E-state index in [1.165, 1.54) is 24.3 Å². The Balaban J connectivity index is 1.61. The molecule has 1 heterocycles. The number of hydrogen-bond donors (Lipinski definition) is 0. The number of benzene rings is 3. The zero-order valence-corrected chi connectivity index (χ0v) is 19.8. The average molecular weight is 518 g/mol. The fourth-order valence-corrected chi connectivity index (χ4v) is 5.01. The minimum atomic E-state index is -0.844. The monoisotopic (exact) mass is 518 g/mol. The third kappa shape index (κ3) is 4.65. The van der Waals surface area contributed by atoms with Gasteiger partial charge in [0.25, 0.3) is 17.3 Å². The molecule has 0 saturated heterocycles. The highest BCUT2D eigenvalue weighted by Gasteiger charge is 2.45. The van der Waals surface area contributed by atoms with Gasteiger partial charge in [-0.2, -0.15) is 5.10 Å². The fraction of sp³-hybridized carbons (Fsp3) is 0.185. The first-order valence-corrected chi connectivity index (χ1v) is 11.8. The molecule has 0 radical (unpaired) electrons. The number of allylic oxidation sites excluding steroid dienone is 1. The van der Waals surface area contributed by atoms with Crippen LogP contribution in [0, 0.1) is 37.8 Å². The van der Waals surface area contributed by atoms with E-state index in [0.717, 1.165) is 40.8 Å². The Kier molecular flexibility index (Phi) is 6.50. The fourth-order valence-electron chi connectivity index (χ4n) is 5.01. The van der Waals surface area contributed by atoms with Crippen molar-refractivity contribution in [1.29, 1.82) is 0 Å². The molecule has 0 aromatic heterocycles. The van der Waals surface area contributed by atoms with Crippen LogP contribution in [0.1, 0.15) is 46.8 Å². The number of fused-ring (bicyclic) bond motifs is 1. The lowest BCUT2D eigenvalue weighted by atomic mass is 9.77. The van der Waals surface area contributed by atoms with Crippen LogP contribution in [0.25, 0.3) is 6.08 Å². The van der Waals surface area contributed by atoms with Gasteiger partial charge < -0.3 is 0 Å². The first-order valence-electron chi connectivity index (χ1n) is 11.8. The molecule has 1 saturated carbocycles. The van der Waals surface area contributed by atoms with E-state index in [4.69, 9.17) is 0 Å². The van der Waals surface area contributed by atoms with Crippen molar-refractivity contribution in [2.75, 3.05) is 0 Å². The zero-order valence-electron chi connectivity index (χ0n) is 19.8. The smallest absolute Gasteiger partial charge is 0.267 e. The highest BCUT2D eigenvalue weighted by molar-refractivity contribution is 6.09.